The van der Waals surface area contributed by atoms with Gasteiger partial charge in [-0.05, 0) is 26.3 Å². The van der Waals surface area contributed by atoms with Gasteiger partial charge in [-0.25, -0.2) is 9.59 Å². The van der Waals surface area contributed by atoms with Gasteiger partial charge < -0.3 is 14.8 Å². The molecule has 0 bridgehead atoms. The normalized spacial score (nSPS) is 13.4. The summed E-state index contributed by atoms with van der Waals surface area (Å²) in [6, 6.07) is -1.94. The summed E-state index contributed by atoms with van der Waals surface area (Å²) in [7, 11) is 0. The monoisotopic (exact) mass is 284 g/mol. The molecule has 0 radical (unpaired) electrons. The Labute approximate surface area is 117 Å². The third-order valence-electron chi connectivity index (χ3n) is 1.99. The maximum absolute atomic E-state index is 11.8. The Morgan fingerprint density at radius 2 is 2.10 bits per heavy atom. The zero-order chi connectivity index (χ0) is 15.8. The van der Waals surface area contributed by atoms with Gasteiger partial charge in [0.25, 0.3) is 0 Å². The van der Waals surface area contributed by atoms with Gasteiger partial charge in [0, 0.05) is 4.91 Å². The largest absolute Gasteiger partial charge is 0.460 e. The van der Waals surface area contributed by atoms with E-state index in [1.807, 2.05) is 0 Å². The summed E-state index contributed by atoms with van der Waals surface area (Å²) in [5.74, 6) is -0.726. The number of hydrogen-bond donors (Lipinski definition) is 1. The first-order valence-electron chi connectivity index (χ1n) is 6.02. The van der Waals surface area contributed by atoms with Gasteiger partial charge in [-0.3, -0.25) is 0 Å². The van der Waals surface area contributed by atoms with E-state index >= 15 is 0 Å². The molecule has 0 aliphatic carbocycles. The van der Waals surface area contributed by atoms with Crippen LogP contribution in [-0.2, 0) is 14.3 Å². The first kappa shape index (κ1) is 17.8. The van der Waals surface area contributed by atoms with Crippen molar-refractivity contribution < 1.29 is 19.1 Å². The molecule has 8 nitrogen and oxygen atoms in total. The van der Waals surface area contributed by atoms with E-state index < -0.39 is 29.7 Å². The third-order valence-corrected chi connectivity index (χ3v) is 1.99. The molecule has 1 amide bonds. The van der Waals surface area contributed by atoms with Crippen molar-refractivity contribution in [2.24, 2.45) is 5.11 Å². The van der Waals surface area contributed by atoms with Crippen LogP contribution in [0.5, 0.6) is 0 Å². The van der Waals surface area contributed by atoms with E-state index in [0.717, 1.165) is 0 Å². The van der Waals surface area contributed by atoms with Crippen molar-refractivity contribution in [2.45, 2.75) is 45.4 Å². The number of ether oxygens (including phenoxy) is 2. The molecule has 0 heterocycles. The molecule has 0 aliphatic rings. The second-order valence-electron chi connectivity index (χ2n) is 4.99. The quantitative estimate of drug-likeness (QED) is 0.265. The summed E-state index contributed by atoms with van der Waals surface area (Å²) in [5.41, 5.74) is 7.70. The van der Waals surface area contributed by atoms with Crippen molar-refractivity contribution in [3.8, 4) is 0 Å². The molecular formula is C12H20N4O4. The van der Waals surface area contributed by atoms with Crippen molar-refractivity contribution >= 4 is 12.1 Å². The van der Waals surface area contributed by atoms with Gasteiger partial charge in [-0.1, -0.05) is 24.7 Å². The number of nitrogens with zero attached hydrogens (tertiary/aromatic N) is 3. The standard InChI is InChI=1S/C12H20N4O4/c1-6-7-19-10(17)9(8(2)15-16-13)14-11(18)20-12(3,4)5/h6,8-9H,1,7H2,2-5H3,(H,14,18)/t8-,9+/m1/s1. The van der Waals surface area contributed by atoms with E-state index in [4.69, 9.17) is 15.0 Å². The summed E-state index contributed by atoms with van der Waals surface area (Å²) in [5, 5.41) is 5.72. The predicted octanol–water partition coefficient (Wildman–Crippen LogP) is 2.31. The number of hydrogen-bond acceptors (Lipinski definition) is 5. The minimum Gasteiger partial charge on any atom is -0.460 e. The highest BCUT2D eigenvalue weighted by Gasteiger charge is 2.29. The smallest absolute Gasteiger partial charge is 0.408 e. The summed E-state index contributed by atoms with van der Waals surface area (Å²) in [6.45, 7) is 9.96. The molecule has 2 atom stereocenters. The number of azide groups is 1. The fourth-order valence-corrected chi connectivity index (χ4v) is 1.19. The maximum atomic E-state index is 11.8. The fraction of sp³-hybridized carbons (Fsp3) is 0.667. The lowest BCUT2D eigenvalue weighted by Crippen LogP contribution is -2.49. The lowest BCUT2D eigenvalue weighted by Gasteiger charge is -2.24. The molecule has 0 unspecified atom stereocenters. The Hall–Kier alpha value is -2.21. The lowest BCUT2D eigenvalue weighted by molar-refractivity contribution is -0.145. The Balaban J connectivity index is 4.85. The first-order valence-corrected chi connectivity index (χ1v) is 6.02. The van der Waals surface area contributed by atoms with Gasteiger partial charge in [0.05, 0.1) is 6.04 Å². The van der Waals surface area contributed by atoms with E-state index in [2.05, 4.69) is 21.9 Å². The number of carbonyl (C=O) groups excluding carboxylic acids is 2. The molecule has 0 spiro atoms. The van der Waals surface area contributed by atoms with Gasteiger partial charge in [0.2, 0.25) is 0 Å². The summed E-state index contributed by atoms with van der Waals surface area (Å²) >= 11 is 0. The molecule has 0 aliphatic heterocycles. The van der Waals surface area contributed by atoms with Crippen LogP contribution in [0.4, 0.5) is 4.79 Å². The molecule has 20 heavy (non-hydrogen) atoms. The molecule has 8 heteroatoms. The van der Waals surface area contributed by atoms with Crippen LogP contribution in [0.1, 0.15) is 27.7 Å². The molecule has 0 aromatic carbocycles. The Kier molecular flexibility index (Phi) is 7.17. The van der Waals surface area contributed by atoms with E-state index in [0.29, 0.717) is 0 Å². The van der Waals surface area contributed by atoms with Crippen LogP contribution in [-0.4, -0.2) is 36.4 Å². The van der Waals surface area contributed by atoms with E-state index in [1.54, 1.807) is 20.8 Å². The molecule has 0 aromatic heterocycles. The van der Waals surface area contributed by atoms with Gasteiger partial charge in [-0.2, -0.15) is 0 Å². The SMILES string of the molecule is C=CCOC(=O)[C@@H](NC(=O)OC(C)(C)C)[C@@H](C)N=[N+]=[N-]. The molecule has 0 rings (SSSR count). The number of amides is 1. The van der Waals surface area contributed by atoms with E-state index in [-0.39, 0.29) is 6.61 Å². The Morgan fingerprint density at radius 3 is 2.55 bits per heavy atom. The Bertz CT molecular complexity index is 410. The number of nitrogens with one attached hydrogen (secondary N) is 1. The van der Waals surface area contributed by atoms with E-state index in [9.17, 15) is 9.59 Å². The van der Waals surface area contributed by atoms with E-state index in [1.165, 1.54) is 13.0 Å². The fourth-order valence-electron chi connectivity index (χ4n) is 1.19. The highest BCUT2D eigenvalue weighted by Crippen LogP contribution is 2.09. The summed E-state index contributed by atoms with van der Waals surface area (Å²) < 4.78 is 9.88. The molecule has 112 valence electrons. The topological polar surface area (TPSA) is 113 Å². The first-order chi connectivity index (χ1) is 9.21. The van der Waals surface area contributed by atoms with Crippen molar-refractivity contribution in [1.82, 2.24) is 5.32 Å². The second kappa shape index (κ2) is 8.06. The minimum atomic E-state index is -1.12. The number of rotatable bonds is 6. The van der Waals surface area contributed by atoms with Crippen LogP contribution in [0.3, 0.4) is 0 Å². The van der Waals surface area contributed by atoms with Crippen molar-refractivity contribution in [3.05, 3.63) is 23.1 Å². The van der Waals surface area contributed by atoms with Crippen molar-refractivity contribution in [2.75, 3.05) is 6.61 Å². The van der Waals surface area contributed by atoms with Gasteiger partial charge in [0.1, 0.15) is 18.2 Å². The summed E-state index contributed by atoms with van der Waals surface area (Å²) in [4.78, 5) is 26.1. The number of carbonyl (C=O) groups is 2. The maximum Gasteiger partial charge on any atom is 0.408 e. The lowest BCUT2D eigenvalue weighted by atomic mass is 10.1. The van der Waals surface area contributed by atoms with Crippen LogP contribution in [0.2, 0.25) is 0 Å². The Morgan fingerprint density at radius 1 is 1.50 bits per heavy atom. The second-order valence-corrected chi connectivity index (χ2v) is 4.99. The zero-order valence-electron chi connectivity index (χ0n) is 12.1. The van der Waals surface area contributed by atoms with Crippen LogP contribution in [0.25, 0.3) is 10.4 Å². The predicted molar refractivity (Wildman–Crippen MR) is 72.9 cm³/mol. The molecule has 0 aromatic rings. The van der Waals surface area contributed by atoms with Crippen LogP contribution < -0.4 is 5.32 Å². The highest BCUT2D eigenvalue weighted by molar-refractivity contribution is 5.82. The average Bonchev–Trinajstić information content (AvgIpc) is 2.31. The highest BCUT2D eigenvalue weighted by atomic mass is 16.6. The zero-order valence-corrected chi connectivity index (χ0v) is 12.1. The van der Waals surface area contributed by atoms with Crippen LogP contribution >= 0.6 is 0 Å². The molecule has 0 saturated carbocycles. The van der Waals surface area contributed by atoms with Crippen molar-refractivity contribution in [3.63, 3.8) is 0 Å². The van der Waals surface area contributed by atoms with Crippen LogP contribution in [0, 0.1) is 0 Å². The van der Waals surface area contributed by atoms with Gasteiger partial charge in [0.15, 0.2) is 0 Å². The van der Waals surface area contributed by atoms with Gasteiger partial charge >= 0.3 is 12.1 Å². The average molecular weight is 284 g/mol. The summed E-state index contributed by atoms with van der Waals surface area (Å²) in [6.07, 6.45) is 0.596. The molecule has 0 fully saturated rings. The number of esters is 1. The third kappa shape index (κ3) is 7.27. The minimum absolute atomic E-state index is 0.00564. The molecular weight excluding hydrogens is 264 g/mol. The molecule has 0 saturated heterocycles. The van der Waals surface area contributed by atoms with Crippen LogP contribution in [0.15, 0.2) is 17.8 Å². The molecule has 1 N–H and O–H groups in total. The number of alkyl carbamates (subject to hydrolysis) is 1. The van der Waals surface area contributed by atoms with Gasteiger partial charge in [-0.15, -0.1) is 0 Å². The van der Waals surface area contributed by atoms with Crippen molar-refractivity contribution in [1.29, 1.82) is 0 Å².